The summed E-state index contributed by atoms with van der Waals surface area (Å²) in [6.45, 7) is 0. The minimum Gasteiger partial charge on any atom is -0.280 e. The number of nitrogens with zero attached hydrogens (tertiary/aromatic N) is 1. The molecular formula is C5H13N2S+. The van der Waals surface area contributed by atoms with Crippen LogP contribution >= 0.6 is 12.6 Å². The van der Waals surface area contributed by atoms with E-state index in [0.29, 0.717) is 0 Å². The van der Waals surface area contributed by atoms with Crippen LogP contribution in [0.25, 0.3) is 0 Å². The Kier molecular flexibility index (Phi) is 3.69. The van der Waals surface area contributed by atoms with Crippen LogP contribution in [0.4, 0.5) is 0 Å². The van der Waals surface area contributed by atoms with E-state index < -0.39 is 0 Å². The molecule has 0 aliphatic carbocycles. The number of hydrogen-bond donors (Lipinski definition) is 2. The number of rotatable bonds is 1. The van der Waals surface area contributed by atoms with E-state index in [9.17, 15) is 0 Å². The van der Waals surface area contributed by atoms with Gasteiger partial charge >= 0.3 is 0 Å². The average molecular weight is 133 g/mol. The van der Waals surface area contributed by atoms with Gasteiger partial charge in [-0.05, 0) is 0 Å². The fourth-order valence-corrected chi connectivity index (χ4v) is 0.885. The Morgan fingerprint density at radius 2 is 2.12 bits per heavy atom. The first kappa shape index (κ1) is 7.82. The Hall–Kier alpha value is -0.180. The molecule has 0 aromatic carbocycles. The maximum Gasteiger partial charge on any atom is 0.253 e. The van der Waals surface area contributed by atoms with Gasteiger partial charge in [0, 0.05) is 0 Å². The lowest BCUT2D eigenvalue weighted by atomic mass is 10.6. The first-order chi connectivity index (χ1) is 3.72. The third kappa shape index (κ3) is 2.21. The van der Waals surface area contributed by atoms with Crippen LogP contribution in [0.15, 0.2) is 0 Å². The van der Waals surface area contributed by atoms with Crippen LogP contribution in [0.1, 0.15) is 0 Å². The van der Waals surface area contributed by atoms with Gasteiger partial charge in [0.1, 0.15) is 0 Å². The van der Waals surface area contributed by atoms with Crippen LogP contribution < -0.4 is 5.32 Å². The van der Waals surface area contributed by atoms with Crippen LogP contribution in [-0.2, 0) is 0 Å². The zero-order valence-corrected chi connectivity index (χ0v) is 6.50. The Labute approximate surface area is 56.0 Å². The summed E-state index contributed by atoms with van der Waals surface area (Å²) in [4.78, 5) is 0. The normalized spacial score (nSPS) is 8.50. The molecular weight excluding hydrogens is 120 g/mol. The van der Waals surface area contributed by atoms with Crippen LogP contribution in [0.5, 0.6) is 0 Å². The predicted octanol–water partition coefficient (Wildman–Crippen LogP) is -0.194. The van der Waals surface area contributed by atoms with Gasteiger partial charge in [-0.1, -0.05) is 0 Å². The molecule has 0 aromatic heterocycles. The van der Waals surface area contributed by atoms with Gasteiger partial charge in [0.2, 0.25) is 0 Å². The third-order valence-electron chi connectivity index (χ3n) is 0.978. The van der Waals surface area contributed by atoms with E-state index in [1.807, 2.05) is 25.7 Å². The van der Waals surface area contributed by atoms with E-state index in [0.717, 1.165) is 11.6 Å². The van der Waals surface area contributed by atoms with Crippen molar-refractivity contribution in [2.75, 3.05) is 26.9 Å². The molecule has 1 N–H and O–H groups in total. The van der Waals surface area contributed by atoms with Gasteiger partial charge in [-0.25, -0.2) is 0 Å². The van der Waals surface area contributed by atoms with Crippen molar-refractivity contribution in [3.05, 3.63) is 0 Å². The Bertz CT molecular complexity index is 88.6. The van der Waals surface area contributed by atoms with Gasteiger partial charge < -0.3 is 0 Å². The minimum absolute atomic E-state index is 0.767. The molecule has 0 amide bonds. The smallest absolute Gasteiger partial charge is 0.253 e. The monoisotopic (exact) mass is 133 g/mol. The Morgan fingerprint density at radius 3 is 2.12 bits per heavy atom. The predicted molar refractivity (Wildman–Crippen MR) is 40.0 cm³/mol. The van der Waals surface area contributed by atoms with E-state index >= 15 is 0 Å². The molecule has 48 valence electrons. The van der Waals surface area contributed by atoms with E-state index in [2.05, 4.69) is 17.9 Å². The Morgan fingerprint density at radius 1 is 1.62 bits per heavy atom. The molecule has 0 radical (unpaired) electrons. The van der Waals surface area contributed by atoms with Gasteiger partial charge in [0.25, 0.3) is 5.84 Å². The zero-order valence-electron chi connectivity index (χ0n) is 5.60. The maximum absolute atomic E-state index is 4.09. The fourth-order valence-electron chi connectivity index (χ4n) is 0.444. The number of amidine groups is 1. The van der Waals surface area contributed by atoms with Crippen LogP contribution in [-0.4, -0.2) is 37.3 Å². The van der Waals surface area contributed by atoms with Crippen LogP contribution in [0.2, 0.25) is 0 Å². The zero-order chi connectivity index (χ0) is 6.57. The molecule has 0 fully saturated rings. The second kappa shape index (κ2) is 3.78. The topological polar surface area (TPSA) is 15.0 Å². The summed E-state index contributed by atoms with van der Waals surface area (Å²) < 4.78 is 2.01. The summed E-state index contributed by atoms with van der Waals surface area (Å²) in [7, 11) is 5.87. The van der Waals surface area contributed by atoms with Crippen LogP contribution in [0, 0.1) is 0 Å². The summed E-state index contributed by atoms with van der Waals surface area (Å²) in [5, 5.41) is 3.02. The number of hydrogen-bond acceptors (Lipinski definition) is 1. The van der Waals surface area contributed by atoms with E-state index in [1.54, 1.807) is 0 Å². The van der Waals surface area contributed by atoms with Crippen molar-refractivity contribution in [2.24, 2.45) is 0 Å². The largest absolute Gasteiger partial charge is 0.280 e. The lowest BCUT2D eigenvalue weighted by Gasteiger charge is -1.96. The SMILES string of the molecule is CNC(CS)=[N+](C)C. The van der Waals surface area contributed by atoms with Gasteiger partial charge in [-0.2, -0.15) is 12.6 Å². The molecule has 0 heterocycles. The molecule has 8 heavy (non-hydrogen) atoms. The van der Waals surface area contributed by atoms with E-state index in [-0.39, 0.29) is 0 Å². The molecule has 0 atom stereocenters. The standard InChI is InChI=1S/C5H12N2S/c1-6-5(4-8)7(2)3/h8H,4H2,1-3H3/p+1. The van der Waals surface area contributed by atoms with Gasteiger partial charge in [-0.3, -0.25) is 9.89 Å². The first-order valence-corrected chi connectivity index (χ1v) is 3.17. The molecule has 0 saturated heterocycles. The second-order valence-corrected chi connectivity index (χ2v) is 2.07. The fraction of sp³-hybridized carbons (Fsp3) is 0.800. The molecule has 0 aliphatic heterocycles. The molecule has 0 spiro atoms. The van der Waals surface area contributed by atoms with Gasteiger partial charge in [-0.15, -0.1) is 0 Å². The lowest BCUT2D eigenvalue weighted by Crippen LogP contribution is -2.28. The summed E-state index contributed by atoms with van der Waals surface area (Å²) in [6.07, 6.45) is 0. The highest BCUT2D eigenvalue weighted by atomic mass is 32.1. The molecule has 0 aromatic rings. The van der Waals surface area contributed by atoms with E-state index in [1.165, 1.54) is 0 Å². The van der Waals surface area contributed by atoms with E-state index in [4.69, 9.17) is 0 Å². The van der Waals surface area contributed by atoms with Crippen molar-refractivity contribution < 1.29 is 4.58 Å². The minimum atomic E-state index is 0.767. The highest BCUT2D eigenvalue weighted by molar-refractivity contribution is 7.81. The van der Waals surface area contributed by atoms with Crippen molar-refractivity contribution in [2.45, 2.75) is 0 Å². The number of nitrogens with one attached hydrogen (secondary N) is 1. The second-order valence-electron chi connectivity index (χ2n) is 1.75. The molecule has 0 unspecified atom stereocenters. The van der Waals surface area contributed by atoms with Crippen molar-refractivity contribution >= 4 is 18.5 Å². The molecule has 0 rings (SSSR count). The quantitative estimate of drug-likeness (QED) is 0.219. The molecule has 2 nitrogen and oxygen atoms in total. The maximum atomic E-state index is 4.09. The van der Waals surface area contributed by atoms with Crippen LogP contribution in [0.3, 0.4) is 0 Å². The average Bonchev–Trinajstić information content (AvgIpc) is 1.69. The molecule has 3 heteroatoms. The number of thiol groups is 1. The van der Waals surface area contributed by atoms with Gasteiger partial charge in [0.05, 0.1) is 26.9 Å². The molecule has 0 aliphatic rings. The third-order valence-corrected chi connectivity index (χ3v) is 1.28. The summed E-state index contributed by atoms with van der Waals surface area (Å²) in [5.41, 5.74) is 0. The summed E-state index contributed by atoms with van der Waals surface area (Å²) in [6, 6.07) is 0. The van der Waals surface area contributed by atoms with Crippen molar-refractivity contribution in [3.63, 3.8) is 0 Å². The van der Waals surface area contributed by atoms with Crippen molar-refractivity contribution in [1.29, 1.82) is 0 Å². The highest BCUT2D eigenvalue weighted by Gasteiger charge is 1.97. The first-order valence-electron chi connectivity index (χ1n) is 2.54. The summed E-state index contributed by atoms with van der Waals surface area (Å²) >= 11 is 4.09. The lowest BCUT2D eigenvalue weighted by molar-refractivity contribution is -0.466. The molecule has 0 saturated carbocycles. The molecule has 0 bridgehead atoms. The van der Waals surface area contributed by atoms with Gasteiger partial charge in [0.15, 0.2) is 0 Å². The highest BCUT2D eigenvalue weighted by Crippen LogP contribution is 1.73. The summed E-state index contributed by atoms with van der Waals surface area (Å²) in [5.74, 6) is 1.90. The van der Waals surface area contributed by atoms with Crippen molar-refractivity contribution in [1.82, 2.24) is 5.32 Å². The Balaban J connectivity index is 3.86. The van der Waals surface area contributed by atoms with Crippen molar-refractivity contribution in [3.8, 4) is 0 Å².